The van der Waals surface area contributed by atoms with E-state index in [4.69, 9.17) is 0 Å². The smallest absolute Gasteiger partial charge is 0.309 e. The van der Waals surface area contributed by atoms with Gasteiger partial charge in [-0.15, -0.1) is 0 Å². The molecule has 3 aromatic rings. The van der Waals surface area contributed by atoms with Gasteiger partial charge in [0.1, 0.15) is 0 Å². The van der Waals surface area contributed by atoms with Gasteiger partial charge in [0.25, 0.3) is 5.91 Å². The molecule has 3 aromatic carbocycles. The number of carbonyl (C=O) groups is 2. The second kappa shape index (κ2) is 8.67. The van der Waals surface area contributed by atoms with Gasteiger partial charge in [-0.2, -0.15) is 0 Å². The average molecular weight is 359 g/mol. The fourth-order valence-electron chi connectivity index (χ4n) is 2.75. The van der Waals surface area contributed by atoms with Crippen molar-refractivity contribution in [3.05, 3.63) is 90.5 Å². The lowest BCUT2D eigenvalue weighted by Gasteiger charge is -2.21. The van der Waals surface area contributed by atoms with Crippen LogP contribution in [0.1, 0.15) is 17.3 Å². The number of nitrogens with zero attached hydrogens (tertiary/aromatic N) is 1. The Labute approximate surface area is 158 Å². The van der Waals surface area contributed by atoms with Crippen LogP contribution in [0.3, 0.4) is 0 Å². The van der Waals surface area contributed by atoms with Crippen LogP contribution in [0.2, 0.25) is 0 Å². The van der Waals surface area contributed by atoms with Crippen LogP contribution >= 0.6 is 0 Å². The molecular formula is C22H21N3O2. The molecule has 3 rings (SSSR count). The molecule has 0 radical (unpaired) electrons. The molecule has 0 saturated carbocycles. The molecule has 5 nitrogen and oxygen atoms in total. The van der Waals surface area contributed by atoms with Gasteiger partial charge in [0.05, 0.1) is 0 Å². The first-order valence-electron chi connectivity index (χ1n) is 8.77. The first-order chi connectivity index (χ1) is 13.2. The maximum atomic E-state index is 12.9. The van der Waals surface area contributed by atoms with Crippen LogP contribution in [0.5, 0.6) is 0 Å². The van der Waals surface area contributed by atoms with Gasteiger partial charge in [-0.1, -0.05) is 42.5 Å². The van der Waals surface area contributed by atoms with Crippen molar-refractivity contribution in [3.8, 4) is 0 Å². The van der Waals surface area contributed by atoms with E-state index in [9.17, 15) is 9.59 Å². The summed E-state index contributed by atoms with van der Waals surface area (Å²) in [5, 5.41) is 5.52. The van der Waals surface area contributed by atoms with Gasteiger partial charge in [0.2, 0.25) is 0 Å². The summed E-state index contributed by atoms with van der Waals surface area (Å²) in [4.78, 5) is 26.8. The molecule has 0 fully saturated rings. The maximum absolute atomic E-state index is 12.9. The summed E-state index contributed by atoms with van der Waals surface area (Å²) in [6.45, 7) is 2.48. The summed E-state index contributed by atoms with van der Waals surface area (Å²) < 4.78 is 0. The van der Waals surface area contributed by atoms with Gasteiger partial charge >= 0.3 is 6.03 Å². The summed E-state index contributed by atoms with van der Waals surface area (Å²) >= 11 is 0. The van der Waals surface area contributed by atoms with Crippen LogP contribution in [0.25, 0.3) is 0 Å². The van der Waals surface area contributed by atoms with E-state index >= 15 is 0 Å². The van der Waals surface area contributed by atoms with Gasteiger partial charge in [-0.25, -0.2) is 4.79 Å². The summed E-state index contributed by atoms with van der Waals surface area (Å²) in [6, 6.07) is 25.3. The molecule has 0 aliphatic heterocycles. The Bertz CT molecular complexity index is 911. The van der Waals surface area contributed by atoms with Gasteiger partial charge in [-0.05, 0) is 49.4 Å². The molecule has 2 N–H and O–H groups in total. The first-order valence-corrected chi connectivity index (χ1v) is 8.77. The monoisotopic (exact) mass is 359 g/mol. The van der Waals surface area contributed by atoms with E-state index in [2.05, 4.69) is 10.6 Å². The normalized spacial score (nSPS) is 10.1. The molecule has 0 heterocycles. The minimum absolute atomic E-state index is 0.115. The Morgan fingerprint density at radius 1 is 0.778 bits per heavy atom. The van der Waals surface area contributed by atoms with Crippen molar-refractivity contribution in [1.82, 2.24) is 0 Å². The highest BCUT2D eigenvalue weighted by Gasteiger charge is 2.16. The summed E-state index contributed by atoms with van der Waals surface area (Å²) in [5.74, 6) is -0.115. The number of carbonyl (C=O) groups excluding carboxylic acids is 2. The van der Waals surface area contributed by atoms with Crippen LogP contribution in [-0.2, 0) is 0 Å². The molecule has 0 aliphatic rings. The zero-order valence-corrected chi connectivity index (χ0v) is 15.1. The number of hydrogen-bond donors (Lipinski definition) is 2. The van der Waals surface area contributed by atoms with E-state index in [1.54, 1.807) is 41.3 Å². The molecule has 0 spiro atoms. The van der Waals surface area contributed by atoms with Crippen LogP contribution < -0.4 is 15.5 Å². The number of anilines is 3. The van der Waals surface area contributed by atoms with Crippen LogP contribution in [0, 0.1) is 0 Å². The van der Waals surface area contributed by atoms with Crippen LogP contribution in [-0.4, -0.2) is 18.5 Å². The second-order valence-electron chi connectivity index (χ2n) is 5.91. The number of urea groups is 1. The molecule has 3 amide bonds. The highest BCUT2D eigenvalue weighted by molar-refractivity contribution is 6.07. The Balaban J connectivity index is 1.73. The van der Waals surface area contributed by atoms with Crippen LogP contribution in [0.4, 0.5) is 21.9 Å². The van der Waals surface area contributed by atoms with E-state index in [1.807, 2.05) is 55.5 Å². The highest BCUT2D eigenvalue weighted by atomic mass is 16.2. The van der Waals surface area contributed by atoms with Crippen molar-refractivity contribution in [2.45, 2.75) is 6.92 Å². The molecule has 0 unspecified atom stereocenters. The van der Waals surface area contributed by atoms with Crippen molar-refractivity contribution >= 4 is 29.0 Å². The predicted octanol–water partition coefficient (Wildman–Crippen LogP) is 5.00. The molecule has 0 saturated heterocycles. The summed E-state index contributed by atoms with van der Waals surface area (Å²) in [6.07, 6.45) is 0. The van der Waals surface area contributed by atoms with E-state index in [0.29, 0.717) is 23.5 Å². The third-order valence-electron chi connectivity index (χ3n) is 4.03. The van der Waals surface area contributed by atoms with E-state index in [1.165, 1.54) is 0 Å². The zero-order valence-electron chi connectivity index (χ0n) is 15.1. The lowest BCUT2D eigenvalue weighted by Crippen LogP contribution is -2.30. The number of amides is 3. The largest absolute Gasteiger partial charge is 0.323 e. The summed E-state index contributed by atoms with van der Waals surface area (Å²) in [7, 11) is 0. The number of rotatable bonds is 5. The molecule has 0 bridgehead atoms. The lowest BCUT2D eigenvalue weighted by atomic mass is 10.1. The van der Waals surface area contributed by atoms with Crippen molar-refractivity contribution in [3.63, 3.8) is 0 Å². The summed E-state index contributed by atoms with van der Waals surface area (Å²) in [5.41, 5.74) is 2.60. The van der Waals surface area contributed by atoms with Crippen molar-refractivity contribution in [2.24, 2.45) is 0 Å². The first kappa shape index (κ1) is 18.2. The van der Waals surface area contributed by atoms with Crippen LogP contribution in [0.15, 0.2) is 84.9 Å². The highest BCUT2D eigenvalue weighted by Crippen LogP contribution is 2.19. The van der Waals surface area contributed by atoms with Crippen molar-refractivity contribution < 1.29 is 9.59 Å². The third-order valence-corrected chi connectivity index (χ3v) is 4.03. The predicted molar refractivity (Wildman–Crippen MR) is 109 cm³/mol. The molecule has 5 heteroatoms. The molecular weight excluding hydrogens is 338 g/mol. The molecule has 0 aromatic heterocycles. The number of para-hydroxylation sites is 2. The number of nitrogens with one attached hydrogen (secondary N) is 2. The minimum atomic E-state index is -0.360. The average Bonchev–Trinajstić information content (AvgIpc) is 2.70. The molecule has 27 heavy (non-hydrogen) atoms. The van der Waals surface area contributed by atoms with Crippen molar-refractivity contribution in [2.75, 3.05) is 22.1 Å². The van der Waals surface area contributed by atoms with E-state index in [-0.39, 0.29) is 11.9 Å². The molecule has 0 atom stereocenters. The number of benzene rings is 3. The zero-order chi connectivity index (χ0) is 19.1. The molecule has 136 valence electrons. The van der Waals surface area contributed by atoms with E-state index in [0.717, 1.165) is 5.69 Å². The minimum Gasteiger partial charge on any atom is -0.309 e. The second-order valence-corrected chi connectivity index (χ2v) is 5.91. The fraction of sp³-hybridized carbons (Fsp3) is 0.0909. The van der Waals surface area contributed by atoms with Gasteiger partial charge < -0.3 is 15.5 Å². The van der Waals surface area contributed by atoms with E-state index < -0.39 is 0 Å². The SMILES string of the molecule is CCN(C(=O)c1cccc(NC(=O)Nc2ccccc2)c1)c1ccccc1. The third kappa shape index (κ3) is 4.73. The Kier molecular flexibility index (Phi) is 5.84. The Morgan fingerprint density at radius 3 is 2.04 bits per heavy atom. The fourth-order valence-corrected chi connectivity index (χ4v) is 2.75. The lowest BCUT2D eigenvalue weighted by molar-refractivity contribution is 0.0988. The topological polar surface area (TPSA) is 61.4 Å². The molecule has 0 aliphatic carbocycles. The maximum Gasteiger partial charge on any atom is 0.323 e. The Hall–Kier alpha value is -3.60. The standard InChI is InChI=1S/C22H21N3O2/c1-2-25(20-14-7-4-8-15-20)21(26)17-10-9-13-19(16-17)24-22(27)23-18-11-5-3-6-12-18/h3-16H,2H2,1H3,(H2,23,24,27). The van der Waals surface area contributed by atoms with Crippen molar-refractivity contribution in [1.29, 1.82) is 0 Å². The quantitative estimate of drug-likeness (QED) is 0.673. The van der Waals surface area contributed by atoms with Gasteiger partial charge in [0, 0.05) is 29.2 Å². The van der Waals surface area contributed by atoms with Gasteiger partial charge in [-0.3, -0.25) is 4.79 Å². The Morgan fingerprint density at radius 2 is 1.37 bits per heavy atom. The number of hydrogen-bond acceptors (Lipinski definition) is 2. The van der Waals surface area contributed by atoms with Gasteiger partial charge in [0.15, 0.2) is 0 Å².